The number of rotatable bonds is 4. The van der Waals surface area contributed by atoms with Gasteiger partial charge in [0.2, 0.25) is 0 Å². The van der Waals surface area contributed by atoms with Crippen LogP contribution in [0, 0.1) is 10.8 Å². The Morgan fingerprint density at radius 3 is 1.92 bits per heavy atom. The average molecular weight is 171 g/mol. The third-order valence-corrected chi connectivity index (χ3v) is 3.19. The molecular formula is C10H21NO. The van der Waals surface area contributed by atoms with Crippen molar-refractivity contribution in [2.75, 3.05) is 13.6 Å². The molecule has 0 bridgehead atoms. The summed E-state index contributed by atoms with van der Waals surface area (Å²) in [5.74, 6) is 0.253. The predicted molar refractivity (Wildman–Crippen MR) is 52.2 cm³/mol. The molecule has 0 atom stereocenters. The predicted octanol–water partition coefficient (Wildman–Crippen LogP) is 1.85. The molecule has 0 spiro atoms. The Morgan fingerprint density at radius 2 is 1.67 bits per heavy atom. The maximum Gasteiger partial charge on any atom is 0.135 e. The van der Waals surface area contributed by atoms with E-state index in [1.165, 1.54) is 0 Å². The van der Waals surface area contributed by atoms with Gasteiger partial charge in [0.15, 0.2) is 0 Å². The molecule has 1 N–H and O–H groups in total. The number of nitrogens with one attached hydrogen (secondary N) is 1. The van der Waals surface area contributed by atoms with Gasteiger partial charge in [-0.15, -0.1) is 0 Å². The van der Waals surface area contributed by atoms with Crippen LogP contribution in [0.1, 0.15) is 34.6 Å². The largest absolute Gasteiger partial charge is 0.319 e. The fourth-order valence-electron chi connectivity index (χ4n) is 1.14. The van der Waals surface area contributed by atoms with E-state index in [-0.39, 0.29) is 16.6 Å². The van der Waals surface area contributed by atoms with E-state index in [1.807, 2.05) is 20.9 Å². The van der Waals surface area contributed by atoms with Crippen LogP contribution in [0.4, 0.5) is 0 Å². The molecule has 72 valence electrons. The Bertz CT molecular complexity index is 171. The third-order valence-electron chi connectivity index (χ3n) is 3.19. The quantitative estimate of drug-likeness (QED) is 0.699. The zero-order valence-electron chi connectivity index (χ0n) is 9.12. The first-order valence-electron chi connectivity index (χ1n) is 4.41. The molecule has 12 heavy (non-hydrogen) atoms. The third kappa shape index (κ3) is 2.07. The van der Waals surface area contributed by atoms with E-state index in [0.29, 0.717) is 0 Å². The number of Topliss-reactive ketones (excluding diaryl/α,β-unsaturated/α-hetero) is 1. The van der Waals surface area contributed by atoms with Crippen molar-refractivity contribution < 1.29 is 4.79 Å². The van der Waals surface area contributed by atoms with Gasteiger partial charge in [-0.05, 0) is 19.4 Å². The number of hydrogen-bond acceptors (Lipinski definition) is 2. The van der Waals surface area contributed by atoms with Crippen molar-refractivity contribution in [3.05, 3.63) is 0 Å². The molecule has 0 aliphatic rings. The van der Waals surface area contributed by atoms with E-state index in [1.54, 1.807) is 6.92 Å². The van der Waals surface area contributed by atoms with Crippen molar-refractivity contribution in [2.24, 2.45) is 10.8 Å². The van der Waals surface area contributed by atoms with E-state index >= 15 is 0 Å². The topological polar surface area (TPSA) is 29.1 Å². The summed E-state index contributed by atoms with van der Waals surface area (Å²) in [4.78, 5) is 11.4. The highest BCUT2D eigenvalue weighted by Crippen LogP contribution is 2.38. The summed E-state index contributed by atoms with van der Waals surface area (Å²) in [5, 5.41) is 3.12. The Labute approximate surface area is 75.7 Å². The molecule has 0 radical (unpaired) electrons. The second-order valence-corrected chi connectivity index (χ2v) is 4.60. The van der Waals surface area contributed by atoms with Gasteiger partial charge in [0.1, 0.15) is 5.78 Å². The van der Waals surface area contributed by atoms with Gasteiger partial charge < -0.3 is 5.32 Å². The number of carbonyl (C=O) groups excluding carboxylic acids is 1. The van der Waals surface area contributed by atoms with Crippen LogP contribution in [0.5, 0.6) is 0 Å². The highest BCUT2D eigenvalue weighted by molar-refractivity contribution is 5.82. The second-order valence-electron chi connectivity index (χ2n) is 4.60. The molecule has 0 heterocycles. The summed E-state index contributed by atoms with van der Waals surface area (Å²) in [6.45, 7) is 10.8. The summed E-state index contributed by atoms with van der Waals surface area (Å²) >= 11 is 0. The molecule has 0 aliphatic carbocycles. The number of hydrogen-bond donors (Lipinski definition) is 1. The van der Waals surface area contributed by atoms with Gasteiger partial charge in [0, 0.05) is 12.0 Å². The van der Waals surface area contributed by atoms with Crippen molar-refractivity contribution in [2.45, 2.75) is 34.6 Å². The first-order chi connectivity index (χ1) is 5.25. The molecule has 0 rings (SSSR count). The van der Waals surface area contributed by atoms with Crippen LogP contribution >= 0.6 is 0 Å². The SMILES string of the molecule is CNCC(C)(C)C(C)(C)C(C)=O. The van der Waals surface area contributed by atoms with Crippen LogP contribution in [0.25, 0.3) is 0 Å². The molecule has 0 aromatic heterocycles. The van der Waals surface area contributed by atoms with Gasteiger partial charge in [0.25, 0.3) is 0 Å². The van der Waals surface area contributed by atoms with Crippen molar-refractivity contribution >= 4 is 5.78 Å². The summed E-state index contributed by atoms with van der Waals surface area (Å²) in [7, 11) is 1.91. The smallest absolute Gasteiger partial charge is 0.135 e. The molecule has 0 aromatic carbocycles. The van der Waals surface area contributed by atoms with Crippen LogP contribution in [-0.4, -0.2) is 19.4 Å². The van der Waals surface area contributed by atoms with E-state index < -0.39 is 0 Å². The lowest BCUT2D eigenvalue weighted by molar-refractivity contribution is -0.130. The van der Waals surface area contributed by atoms with E-state index in [2.05, 4.69) is 19.2 Å². The lowest BCUT2D eigenvalue weighted by Crippen LogP contribution is -2.44. The molecule has 0 saturated heterocycles. The fourth-order valence-corrected chi connectivity index (χ4v) is 1.14. The van der Waals surface area contributed by atoms with E-state index in [0.717, 1.165) is 6.54 Å². The van der Waals surface area contributed by atoms with Crippen molar-refractivity contribution in [1.82, 2.24) is 5.32 Å². The van der Waals surface area contributed by atoms with Gasteiger partial charge in [-0.1, -0.05) is 27.7 Å². The van der Waals surface area contributed by atoms with Crippen molar-refractivity contribution in [1.29, 1.82) is 0 Å². The lowest BCUT2D eigenvalue weighted by atomic mass is 9.66. The molecule has 0 fully saturated rings. The zero-order chi connectivity index (χ0) is 9.99. The molecular weight excluding hydrogens is 150 g/mol. The first-order valence-corrected chi connectivity index (χ1v) is 4.41. The van der Waals surface area contributed by atoms with Crippen molar-refractivity contribution in [3.8, 4) is 0 Å². The maximum absolute atomic E-state index is 11.4. The summed E-state index contributed by atoms with van der Waals surface area (Å²) in [6, 6.07) is 0. The number of ketones is 1. The monoisotopic (exact) mass is 171 g/mol. The molecule has 2 nitrogen and oxygen atoms in total. The van der Waals surface area contributed by atoms with Gasteiger partial charge in [-0.25, -0.2) is 0 Å². The standard InChI is InChI=1S/C10H21NO/c1-8(12)10(4,5)9(2,3)7-11-6/h11H,7H2,1-6H3. The summed E-state index contributed by atoms with van der Waals surface area (Å²) < 4.78 is 0. The van der Waals surface area contributed by atoms with E-state index in [9.17, 15) is 4.79 Å². The van der Waals surface area contributed by atoms with Crippen molar-refractivity contribution in [3.63, 3.8) is 0 Å². The van der Waals surface area contributed by atoms with Gasteiger partial charge >= 0.3 is 0 Å². The van der Waals surface area contributed by atoms with Crippen LogP contribution < -0.4 is 5.32 Å². The van der Waals surface area contributed by atoms with Gasteiger partial charge in [-0.3, -0.25) is 4.79 Å². The Kier molecular flexibility index (Phi) is 3.45. The Morgan fingerprint density at radius 1 is 1.25 bits per heavy atom. The van der Waals surface area contributed by atoms with Crippen LogP contribution in [-0.2, 0) is 4.79 Å². The molecule has 0 saturated carbocycles. The minimum absolute atomic E-state index is 0.00752. The normalized spacial score (nSPS) is 13.2. The van der Waals surface area contributed by atoms with Crippen LogP contribution in [0.15, 0.2) is 0 Å². The number of carbonyl (C=O) groups is 1. The summed E-state index contributed by atoms with van der Waals surface area (Å²) in [5.41, 5.74) is -0.246. The Balaban J connectivity index is 4.62. The first kappa shape index (κ1) is 11.6. The maximum atomic E-state index is 11.4. The molecule has 0 aliphatic heterocycles. The Hall–Kier alpha value is -0.370. The highest BCUT2D eigenvalue weighted by Gasteiger charge is 2.39. The molecule has 0 unspecified atom stereocenters. The van der Waals surface area contributed by atoms with Crippen LogP contribution in [0.2, 0.25) is 0 Å². The molecule has 0 aromatic rings. The lowest BCUT2D eigenvalue weighted by Gasteiger charge is -2.39. The molecule has 2 heteroatoms. The fraction of sp³-hybridized carbons (Fsp3) is 0.900. The minimum atomic E-state index is -0.254. The van der Waals surface area contributed by atoms with Crippen LogP contribution in [0.3, 0.4) is 0 Å². The minimum Gasteiger partial charge on any atom is -0.319 e. The average Bonchev–Trinajstić information content (AvgIpc) is 1.86. The van der Waals surface area contributed by atoms with Gasteiger partial charge in [0.05, 0.1) is 0 Å². The molecule has 0 amide bonds. The highest BCUT2D eigenvalue weighted by atomic mass is 16.1. The van der Waals surface area contributed by atoms with E-state index in [4.69, 9.17) is 0 Å². The second kappa shape index (κ2) is 3.56. The zero-order valence-corrected chi connectivity index (χ0v) is 9.12. The summed E-state index contributed by atoms with van der Waals surface area (Å²) in [6.07, 6.45) is 0. The van der Waals surface area contributed by atoms with Gasteiger partial charge in [-0.2, -0.15) is 0 Å².